The van der Waals surface area contributed by atoms with Crippen molar-refractivity contribution in [2.75, 3.05) is 24.4 Å². The number of esters is 3. The predicted molar refractivity (Wildman–Crippen MR) is 155 cm³/mol. The lowest BCUT2D eigenvalue weighted by Crippen LogP contribution is -2.60. The Morgan fingerprint density at radius 3 is 2.33 bits per heavy atom. The number of amides is 1. The first-order valence-electron chi connectivity index (χ1n) is 13.5. The van der Waals surface area contributed by atoms with Crippen molar-refractivity contribution in [2.45, 2.75) is 84.6 Å². The molecule has 2 aliphatic rings. The molecule has 42 heavy (non-hydrogen) atoms. The lowest BCUT2D eigenvalue weighted by atomic mass is 9.90. The van der Waals surface area contributed by atoms with Gasteiger partial charge in [0.2, 0.25) is 12.4 Å². The fourth-order valence-corrected chi connectivity index (χ4v) is 6.64. The van der Waals surface area contributed by atoms with Gasteiger partial charge in [0.25, 0.3) is 0 Å². The normalized spacial score (nSPS) is 25.5. The Morgan fingerprint density at radius 2 is 1.76 bits per heavy atom. The zero-order valence-electron chi connectivity index (χ0n) is 24.8. The number of methoxy groups -OCH3 is 1. The largest absolute Gasteiger partial charge is 0.467 e. The highest BCUT2D eigenvalue weighted by atomic mass is 35.5. The number of nitrogens with zero attached hydrogens (tertiary/aromatic N) is 1. The molecule has 1 aromatic carbocycles. The summed E-state index contributed by atoms with van der Waals surface area (Å²) in [5.74, 6) is -2.31. The van der Waals surface area contributed by atoms with Gasteiger partial charge in [0.05, 0.1) is 17.5 Å². The molecule has 0 unspecified atom stereocenters. The average Bonchev–Trinajstić information content (AvgIpc) is 3.46. The smallest absolute Gasteiger partial charge is 0.414 e. The van der Waals surface area contributed by atoms with Crippen LogP contribution in [0.25, 0.3) is 10.1 Å². The second kappa shape index (κ2) is 12.3. The van der Waals surface area contributed by atoms with E-state index >= 15 is 0 Å². The Kier molecular flexibility index (Phi) is 9.29. The van der Waals surface area contributed by atoms with E-state index in [0.29, 0.717) is 18.0 Å². The standard InChI is InChI=1S/C29H36ClNO10S/c1-13-12-42-25-19(9-18-21(20(13)25)17(10-30)11-31(18)28(35)41-29(5,6)7)39-27-24(38-16(4)33)22(37-15(3)32)14(2)23(40-27)26(34)36-8/h9,12,14,17,22-24,27H,10-11H2,1-8H3/t14-,17+,22-,23-,24+,27+/m0/s1. The van der Waals surface area contributed by atoms with E-state index < -0.39 is 60.1 Å². The van der Waals surface area contributed by atoms with Crippen LogP contribution in [0.4, 0.5) is 10.5 Å². The zero-order chi connectivity index (χ0) is 31.1. The Bertz CT molecular complexity index is 1380. The van der Waals surface area contributed by atoms with Crippen molar-refractivity contribution in [2.24, 2.45) is 5.92 Å². The highest BCUT2D eigenvalue weighted by molar-refractivity contribution is 7.17. The van der Waals surface area contributed by atoms with Gasteiger partial charge in [0.1, 0.15) is 11.4 Å². The summed E-state index contributed by atoms with van der Waals surface area (Å²) < 4.78 is 34.9. The number of hydrogen-bond donors (Lipinski definition) is 0. The van der Waals surface area contributed by atoms with Crippen LogP contribution in [0.2, 0.25) is 0 Å². The van der Waals surface area contributed by atoms with E-state index in [9.17, 15) is 19.2 Å². The summed E-state index contributed by atoms with van der Waals surface area (Å²) in [5, 5.41) is 2.84. The molecule has 11 nitrogen and oxygen atoms in total. The quantitative estimate of drug-likeness (QED) is 0.244. The zero-order valence-corrected chi connectivity index (χ0v) is 26.4. The van der Waals surface area contributed by atoms with Crippen LogP contribution in [0.1, 0.15) is 58.6 Å². The van der Waals surface area contributed by atoms with Gasteiger partial charge in [-0.2, -0.15) is 0 Å². The molecular formula is C29H36ClNO10S. The molecule has 0 radical (unpaired) electrons. The summed E-state index contributed by atoms with van der Waals surface area (Å²) in [6.07, 6.45) is -5.39. The number of aryl methyl sites for hydroxylation is 1. The summed E-state index contributed by atoms with van der Waals surface area (Å²) in [5.41, 5.74) is 1.69. The maximum absolute atomic E-state index is 13.3. The molecule has 2 aliphatic heterocycles. The van der Waals surface area contributed by atoms with E-state index in [1.807, 2.05) is 12.3 Å². The molecule has 0 N–H and O–H groups in total. The lowest BCUT2D eigenvalue weighted by molar-refractivity contribution is -0.266. The van der Waals surface area contributed by atoms with Crippen LogP contribution in [0.3, 0.4) is 0 Å². The van der Waals surface area contributed by atoms with E-state index in [1.165, 1.54) is 37.2 Å². The average molecular weight is 626 g/mol. The van der Waals surface area contributed by atoms with Gasteiger partial charge in [-0.1, -0.05) is 6.92 Å². The monoisotopic (exact) mass is 625 g/mol. The van der Waals surface area contributed by atoms with Gasteiger partial charge >= 0.3 is 24.0 Å². The minimum atomic E-state index is -1.37. The highest BCUT2D eigenvalue weighted by Crippen LogP contribution is 2.49. The van der Waals surface area contributed by atoms with Crippen LogP contribution < -0.4 is 9.64 Å². The van der Waals surface area contributed by atoms with Crippen LogP contribution in [0.5, 0.6) is 5.75 Å². The molecule has 13 heteroatoms. The molecule has 1 fully saturated rings. The van der Waals surface area contributed by atoms with Crippen molar-refractivity contribution in [3.8, 4) is 5.75 Å². The second-order valence-corrected chi connectivity index (χ2v) is 12.6. The Labute approximate surface area is 253 Å². The highest BCUT2D eigenvalue weighted by Gasteiger charge is 2.52. The molecule has 2 aromatic rings. The third-order valence-electron chi connectivity index (χ3n) is 7.06. The molecule has 0 aliphatic carbocycles. The summed E-state index contributed by atoms with van der Waals surface area (Å²) in [6, 6.07) is 1.70. The molecule has 4 rings (SSSR count). The summed E-state index contributed by atoms with van der Waals surface area (Å²) in [4.78, 5) is 51.7. The molecular weight excluding hydrogens is 590 g/mol. The molecule has 0 saturated carbocycles. The van der Waals surface area contributed by atoms with Gasteiger partial charge in [-0.15, -0.1) is 22.9 Å². The van der Waals surface area contributed by atoms with E-state index in [1.54, 1.807) is 33.8 Å². The Morgan fingerprint density at radius 1 is 1.12 bits per heavy atom. The van der Waals surface area contributed by atoms with E-state index in [0.717, 1.165) is 21.2 Å². The summed E-state index contributed by atoms with van der Waals surface area (Å²) in [6.45, 7) is 11.7. The SMILES string of the molecule is COC(=O)[C@H]1O[C@@H](Oc2cc3c(c4c(C)csc24)[C@H](CCl)CN3C(=O)OC(C)(C)C)[C@H](OC(C)=O)[C@@H](OC(C)=O)[C@@H]1C. The number of hydrogen-bond acceptors (Lipinski definition) is 11. The number of thiophene rings is 1. The van der Waals surface area contributed by atoms with Gasteiger partial charge < -0.3 is 28.4 Å². The van der Waals surface area contributed by atoms with E-state index in [2.05, 4.69) is 0 Å². The maximum atomic E-state index is 13.3. The Hall–Kier alpha value is -3.09. The number of fused-ring (bicyclic) bond motifs is 3. The topological polar surface area (TPSA) is 127 Å². The van der Waals surface area contributed by atoms with Crippen molar-refractivity contribution in [3.05, 3.63) is 22.6 Å². The molecule has 3 heterocycles. The van der Waals surface area contributed by atoms with Crippen molar-refractivity contribution >= 4 is 62.7 Å². The number of alkyl halides is 1. The molecule has 1 saturated heterocycles. The van der Waals surface area contributed by atoms with Crippen LogP contribution in [-0.2, 0) is 38.1 Å². The number of benzene rings is 1. The molecule has 0 spiro atoms. The first-order valence-corrected chi connectivity index (χ1v) is 14.9. The van der Waals surface area contributed by atoms with E-state index in [4.69, 9.17) is 40.0 Å². The van der Waals surface area contributed by atoms with Crippen LogP contribution in [0.15, 0.2) is 11.4 Å². The van der Waals surface area contributed by atoms with Crippen molar-refractivity contribution in [1.82, 2.24) is 0 Å². The van der Waals surface area contributed by atoms with Crippen molar-refractivity contribution < 1.29 is 47.6 Å². The fourth-order valence-electron chi connectivity index (χ4n) is 5.36. The minimum absolute atomic E-state index is 0.156. The predicted octanol–water partition coefficient (Wildman–Crippen LogP) is 5.06. The number of halogens is 1. The van der Waals surface area contributed by atoms with Crippen LogP contribution in [0, 0.1) is 12.8 Å². The van der Waals surface area contributed by atoms with Gasteiger partial charge in [0.15, 0.2) is 12.2 Å². The van der Waals surface area contributed by atoms with Crippen LogP contribution in [-0.4, -0.2) is 73.7 Å². The molecule has 1 aromatic heterocycles. The first kappa shape index (κ1) is 31.8. The van der Waals surface area contributed by atoms with Gasteiger partial charge in [-0.25, -0.2) is 9.59 Å². The lowest BCUT2D eigenvalue weighted by Gasteiger charge is -2.42. The van der Waals surface area contributed by atoms with Crippen LogP contribution >= 0.6 is 22.9 Å². The maximum Gasteiger partial charge on any atom is 0.414 e. The minimum Gasteiger partial charge on any atom is -0.467 e. The first-order chi connectivity index (χ1) is 19.7. The van der Waals surface area contributed by atoms with Crippen molar-refractivity contribution in [3.63, 3.8) is 0 Å². The summed E-state index contributed by atoms with van der Waals surface area (Å²) >= 11 is 7.81. The molecule has 0 bridgehead atoms. The number of carbonyl (C=O) groups is 4. The van der Waals surface area contributed by atoms with Crippen molar-refractivity contribution in [1.29, 1.82) is 0 Å². The third-order valence-corrected chi connectivity index (χ3v) is 8.55. The number of ether oxygens (including phenoxy) is 6. The van der Waals surface area contributed by atoms with E-state index in [-0.39, 0.29) is 11.8 Å². The number of carbonyl (C=O) groups excluding carboxylic acids is 4. The molecule has 230 valence electrons. The molecule has 1 amide bonds. The second-order valence-electron chi connectivity index (χ2n) is 11.4. The third kappa shape index (κ3) is 6.30. The Balaban J connectivity index is 1.84. The van der Waals surface area contributed by atoms with Gasteiger partial charge in [-0.05, 0) is 44.2 Å². The fraction of sp³-hybridized carbons (Fsp3) is 0.586. The number of anilines is 1. The molecule has 6 atom stereocenters. The summed E-state index contributed by atoms with van der Waals surface area (Å²) in [7, 11) is 1.21. The van der Waals surface area contributed by atoms with Gasteiger partial charge in [0, 0.05) is 49.6 Å². The van der Waals surface area contributed by atoms with Gasteiger partial charge in [-0.3, -0.25) is 14.5 Å². The number of rotatable bonds is 6.